The van der Waals surface area contributed by atoms with E-state index in [0.29, 0.717) is 11.3 Å². The van der Waals surface area contributed by atoms with Crippen molar-refractivity contribution in [1.82, 2.24) is 4.90 Å². The highest BCUT2D eigenvalue weighted by molar-refractivity contribution is 5.80. The second-order valence-electron chi connectivity index (χ2n) is 4.17. The van der Waals surface area contributed by atoms with E-state index in [4.69, 9.17) is 20.2 Å². The maximum Gasteiger partial charge on any atom is 0.263 e. The van der Waals surface area contributed by atoms with E-state index >= 15 is 0 Å². The maximum atomic E-state index is 12.1. The lowest BCUT2D eigenvalue weighted by Crippen LogP contribution is -2.43. The Labute approximate surface area is 117 Å². The molecule has 20 heavy (non-hydrogen) atoms. The van der Waals surface area contributed by atoms with Crippen LogP contribution in [0.4, 0.5) is 0 Å². The van der Waals surface area contributed by atoms with E-state index in [1.54, 1.807) is 31.2 Å². The summed E-state index contributed by atoms with van der Waals surface area (Å²) in [6.45, 7) is 1.56. The van der Waals surface area contributed by atoms with E-state index in [0.717, 1.165) is 0 Å². The van der Waals surface area contributed by atoms with Crippen LogP contribution in [0.3, 0.4) is 0 Å². The number of rotatable bonds is 7. The van der Waals surface area contributed by atoms with Crippen molar-refractivity contribution in [3.8, 4) is 11.8 Å². The summed E-state index contributed by atoms with van der Waals surface area (Å²) in [7, 11) is 0. The van der Waals surface area contributed by atoms with Gasteiger partial charge >= 0.3 is 0 Å². The molecule has 0 radical (unpaired) electrons. The zero-order valence-corrected chi connectivity index (χ0v) is 11.3. The topological polar surface area (TPSA) is 93.8 Å². The lowest BCUT2D eigenvalue weighted by Gasteiger charge is -2.24. The van der Waals surface area contributed by atoms with Gasteiger partial charge in [0.25, 0.3) is 5.91 Å². The van der Waals surface area contributed by atoms with Crippen LogP contribution in [-0.4, -0.2) is 53.4 Å². The van der Waals surface area contributed by atoms with Crippen molar-refractivity contribution >= 4 is 5.91 Å². The minimum absolute atomic E-state index is 0.153. The summed E-state index contributed by atoms with van der Waals surface area (Å²) in [5, 5.41) is 26.5. The number of hydrogen-bond donors (Lipinski definition) is 2. The lowest BCUT2D eigenvalue weighted by atomic mass is 10.2. The molecule has 1 rings (SSSR count). The van der Waals surface area contributed by atoms with Crippen molar-refractivity contribution < 1.29 is 19.7 Å². The molecule has 1 unspecified atom stereocenters. The van der Waals surface area contributed by atoms with Crippen LogP contribution >= 0.6 is 0 Å². The summed E-state index contributed by atoms with van der Waals surface area (Å²) in [4.78, 5) is 13.4. The van der Waals surface area contributed by atoms with E-state index in [9.17, 15) is 4.79 Å². The number of nitrogens with zero attached hydrogens (tertiary/aromatic N) is 2. The Morgan fingerprint density at radius 3 is 2.30 bits per heavy atom. The number of nitriles is 1. The van der Waals surface area contributed by atoms with Crippen LogP contribution in [0.15, 0.2) is 24.3 Å². The Bertz CT molecular complexity index is 461. The van der Waals surface area contributed by atoms with Crippen molar-refractivity contribution in [2.75, 3.05) is 26.3 Å². The Morgan fingerprint density at radius 2 is 1.85 bits per heavy atom. The van der Waals surface area contributed by atoms with Gasteiger partial charge in [0.05, 0.1) is 24.8 Å². The summed E-state index contributed by atoms with van der Waals surface area (Å²) in [5.74, 6) is 0.176. The monoisotopic (exact) mass is 278 g/mol. The molecule has 108 valence electrons. The fourth-order valence-electron chi connectivity index (χ4n) is 1.69. The largest absolute Gasteiger partial charge is 0.481 e. The smallest absolute Gasteiger partial charge is 0.263 e. The molecule has 2 N–H and O–H groups in total. The van der Waals surface area contributed by atoms with Crippen LogP contribution < -0.4 is 4.74 Å². The van der Waals surface area contributed by atoms with Crippen LogP contribution in [0.2, 0.25) is 0 Å². The summed E-state index contributed by atoms with van der Waals surface area (Å²) >= 11 is 0. The van der Waals surface area contributed by atoms with Gasteiger partial charge in [-0.05, 0) is 31.2 Å². The number of ether oxygens (including phenoxy) is 1. The number of amides is 1. The molecule has 6 nitrogen and oxygen atoms in total. The molecule has 1 amide bonds. The van der Waals surface area contributed by atoms with Crippen molar-refractivity contribution in [3.63, 3.8) is 0 Å². The normalized spacial score (nSPS) is 11.5. The van der Waals surface area contributed by atoms with Gasteiger partial charge in [-0.15, -0.1) is 0 Å². The van der Waals surface area contributed by atoms with E-state index < -0.39 is 6.10 Å². The standard InChI is InChI=1S/C14H18N2O4/c1-11(14(19)16(6-8-17)7-9-18)20-13-4-2-12(10-15)3-5-13/h2-5,11,17-18H,6-9H2,1H3. The number of benzene rings is 1. The predicted molar refractivity (Wildman–Crippen MR) is 72.0 cm³/mol. The van der Waals surface area contributed by atoms with Crippen molar-refractivity contribution in [1.29, 1.82) is 5.26 Å². The molecule has 1 atom stereocenters. The molecule has 0 saturated carbocycles. The SMILES string of the molecule is CC(Oc1ccc(C#N)cc1)C(=O)N(CCO)CCO. The van der Waals surface area contributed by atoms with Gasteiger partial charge in [-0.3, -0.25) is 4.79 Å². The van der Waals surface area contributed by atoms with Crippen LogP contribution in [0.25, 0.3) is 0 Å². The van der Waals surface area contributed by atoms with Crippen LogP contribution in [0.1, 0.15) is 12.5 Å². The zero-order chi connectivity index (χ0) is 15.0. The average Bonchev–Trinajstić information content (AvgIpc) is 2.47. The highest BCUT2D eigenvalue weighted by atomic mass is 16.5. The third-order valence-electron chi connectivity index (χ3n) is 2.70. The molecule has 0 heterocycles. The molecule has 0 bridgehead atoms. The van der Waals surface area contributed by atoms with Crippen molar-refractivity contribution in [2.45, 2.75) is 13.0 Å². The molecule has 6 heteroatoms. The lowest BCUT2D eigenvalue weighted by molar-refractivity contribution is -0.139. The first-order valence-corrected chi connectivity index (χ1v) is 6.29. The first-order chi connectivity index (χ1) is 9.62. The number of carbonyl (C=O) groups is 1. The van der Waals surface area contributed by atoms with Gasteiger partial charge in [-0.1, -0.05) is 0 Å². The molecular formula is C14H18N2O4. The number of carbonyl (C=O) groups excluding carboxylic acids is 1. The Morgan fingerprint density at radius 1 is 1.30 bits per heavy atom. The Kier molecular flexibility index (Phi) is 6.50. The summed E-state index contributed by atoms with van der Waals surface area (Å²) in [5.41, 5.74) is 0.513. The minimum Gasteiger partial charge on any atom is -0.481 e. The first-order valence-electron chi connectivity index (χ1n) is 6.29. The van der Waals surface area contributed by atoms with E-state index in [2.05, 4.69) is 0 Å². The van der Waals surface area contributed by atoms with Gasteiger partial charge in [-0.2, -0.15) is 5.26 Å². The van der Waals surface area contributed by atoms with Gasteiger partial charge in [-0.25, -0.2) is 0 Å². The fraction of sp³-hybridized carbons (Fsp3) is 0.429. The van der Waals surface area contributed by atoms with E-state index in [-0.39, 0.29) is 32.2 Å². The molecule has 0 aliphatic carbocycles. The van der Waals surface area contributed by atoms with Crippen LogP contribution in [-0.2, 0) is 4.79 Å². The maximum absolute atomic E-state index is 12.1. The van der Waals surface area contributed by atoms with E-state index in [1.807, 2.05) is 6.07 Å². The molecule has 1 aromatic rings. The molecule has 0 fully saturated rings. The summed E-state index contributed by atoms with van der Waals surface area (Å²) < 4.78 is 5.49. The molecule has 0 aliphatic heterocycles. The van der Waals surface area contributed by atoms with Crippen LogP contribution in [0, 0.1) is 11.3 Å². The van der Waals surface area contributed by atoms with Gasteiger partial charge in [0.1, 0.15) is 5.75 Å². The quantitative estimate of drug-likeness (QED) is 0.740. The molecule has 0 saturated heterocycles. The number of aliphatic hydroxyl groups is 2. The third-order valence-corrected chi connectivity index (χ3v) is 2.70. The molecule has 0 spiro atoms. The Balaban J connectivity index is 2.65. The number of aliphatic hydroxyl groups excluding tert-OH is 2. The summed E-state index contributed by atoms with van der Waals surface area (Å²) in [6, 6.07) is 8.43. The molecule has 0 aliphatic rings. The highest BCUT2D eigenvalue weighted by Crippen LogP contribution is 2.14. The van der Waals surface area contributed by atoms with Gasteiger partial charge in [0.15, 0.2) is 6.10 Å². The molecular weight excluding hydrogens is 260 g/mol. The van der Waals surface area contributed by atoms with Crippen molar-refractivity contribution in [3.05, 3.63) is 29.8 Å². The highest BCUT2D eigenvalue weighted by Gasteiger charge is 2.21. The predicted octanol–water partition coefficient (Wildman–Crippen LogP) is 0.139. The first kappa shape index (κ1) is 16.0. The van der Waals surface area contributed by atoms with Gasteiger partial charge < -0.3 is 19.8 Å². The zero-order valence-electron chi connectivity index (χ0n) is 11.3. The summed E-state index contributed by atoms with van der Waals surface area (Å²) in [6.07, 6.45) is -0.735. The van der Waals surface area contributed by atoms with Crippen molar-refractivity contribution in [2.24, 2.45) is 0 Å². The van der Waals surface area contributed by atoms with E-state index in [1.165, 1.54) is 4.90 Å². The third kappa shape index (κ3) is 4.53. The number of hydrogen-bond acceptors (Lipinski definition) is 5. The second-order valence-corrected chi connectivity index (χ2v) is 4.17. The fourth-order valence-corrected chi connectivity index (χ4v) is 1.69. The Hall–Kier alpha value is -2.10. The van der Waals surface area contributed by atoms with Gasteiger partial charge in [0, 0.05) is 13.1 Å². The van der Waals surface area contributed by atoms with Gasteiger partial charge in [0.2, 0.25) is 0 Å². The molecule has 1 aromatic carbocycles. The average molecular weight is 278 g/mol. The second kappa shape index (κ2) is 8.15. The minimum atomic E-state index is -0.735. The molecule has 0 aromatic heterocycles. The van der Waals surface area contributed by atoms with Crippen LogP contribution in [0.5, 0.6) is 5.75 Å².